The van der Waals surface area contributed by atoms with Gasteiger partial charge in [0.2, 0.25) is 0 Å². The second-order valence-electron chi connectivity index (χ2n) is 8.00. The maximum absolute atomic E-state index is 14.0. The molecule has 1 aromatic carbocycles. The SMILES string of the molecule is CC(C)(C)OC(=O)N1[C@H](Cc2ccccc2F)CCCC1(C)C. The molecule has 3 nitrogen and oxygen atoms in total. The molecule has 1 saturated heterocycles. The first-order valence-electron chi connectivity index (χ1n) is 8.36. The standard InChI is InChI=1S/C19H28FNO2/c1-18(2,3)23-17(22)21-15(10-8-12-19(21,4)5)13-14-9-6-7-11-16(14)20/h6-7,9,11,15H,8,10,12-13H2,1-5H3/t15-/m0/s1. The fraction of sp³-hybridized carbons (Fsp3) is 0.632. The number of hydrogen-bond acceptors (Lipinski definition) is 2. The van der Waals surface area contributed by atoms with Gasteiger partial charge in [-0.1, -0.05) is 18.2 Å². The first-order valence-corrected chi connectivity index (χ1v) is 8.36. The first-order chi connectivity index (χ1) is 10.6. The number of benzene rings is 1. The minimum atomic E-state index is -0.535. The number of carbonyl (C=O) groups is 1. The van der Waals surface area contributed by atoms with Crippen LogP contribution in [-0.2, 0) is 11.2 Å². The van der Waals surface area contributed by atoms with Gasteiger partial charge in [0.05, 0.1) is 0 Å². The van der Waals surface area contributed by atoms with Crippen LogP contribution in [0.15, 0.2) is 24.3 Å². The molecule has 0 unspecified atom stereocenters. The van der Waals surface area contributed by atoms with Gasteiger partial charge in [-0.25, -0.2) is 9.18 Å². The van der Waals surface area contributed by atoms with Crippen LogP contribution in [0.3, 0.4) is 0 Å². The Hall–Kier alpha value is -1.58. The van der Waals surface area contributed by atoms with E-state index in [1.807, 2.05) is 31.7 Å². The topological polar surface area (TPSA) is 29.5 Å². The number of ether oxygens (including phenoxy) is 1. The van der Waals surface area contributed by atoms with Crippen molar-refractivity contribution in [1.29, 1.82) is 0 Å². The largest absolute Gasteiger partial charge is 0.444 e. The quantitative estimate of drug-likeness (QED) is 0.772. The molecule has 1 fully saturated rings. The summed E-state index contributed by atoms with van der Waals surface area (Å²) in [5.74, 6) is -0.208. The Bertz CT molecular complexity index is 563. The van der Waals surface area contributed by atoms with Crippen LogP contribution in [-0.4, -0.2) is 28.2 Å². The molecule has 23 heavy (non-hydrogen) atoms. The molecule has 0 bridgehead atoms. The highest BCUT2D eigenvalue weighted by molar-refractivity contribution is 5.70. The molecule has 1 aliphatic rings. The number of halogens is 1. The van der Waals surface area contributed by atoms with E-state index < -0.39 is 5.60 Å². The lowest BCUT2D eigenvalue weighted by atomic mass is 9.84. The van der Waals surface area contributed by atoms with E-state index in [4.69, 9.17) is 4.74 Å². The summed E-state index contributed by atoms with van der Waals surface area (Å²) in [5.41, 5.74) is -0.160. The first kappa shape index (κ1) is 17.8. The summed E-state index contributed by atoms with van der Waals surface area (Å²) >= 11 is 0. The predicted octanol–water partition coefficient (Wildman–Crippen LogP) is 4.94. The van der Waals surface area contributed by atoms with Crippen LogP contribution in [0, 0.1) is 5.82 Å². The van der Waals surface area contributed by atoms with Crippen molar-refractivity contribution in [3.63, 3.8) is 0 Å². The van der Waals surface area contributed by atoms with Crippen LogP contribution < -0.4 is 0 Å². The van der Waals surface area contributed by atoms with Crippen molar-refractivity contribution in [1.82, 2.24) is 4.90 Å². The number of likely N-dealkylation sites (tertiary alicyclic amines) is 1. The summed E-state index contributed by atoms with van der Waals surface area (Å²) in [5, 5.41) is 0. The number of amides is 1. The summed E-state index contributed by atoms with van der Waals surface area (Å²) in [6, 6.07) is 6.76. The van der Waals surface area contributed by atoms with Gasteiger partial charge in [-0.3, -0.25) is 4.90 Å². The van der Waals surface area contributed by atoms with E-state index in [0.29, 0.717) is 12.0 Å². The molecule has 1 heterocycles. The average molecular weight is 321 g/mol. The molecule has 0 N–H and O–H groups in total. The number of hydrogen-bond donors (Lipinski definition) is 0. The van der Waals surface area contributed by atoms with E-state index in [0.717, 1.165) is 19.3 Å². The molecule has 0 aromatic heterocycles. The van der Waals surface area contributed by atoms with Crippen molar-refractivity contribution >= 4 is 6.09 Å². The zero-order valence-electron chi connectivity index (χ0n) is 14.9. The van der Waals surface area contributed by atoms with Crippen molar-refractivity contribution in [3.05, 3.63) is 35.6 Å². The van der Waals surface area contributed by atoms with Crippen molar-refractivity contribution in [2.75, 3.05) is 0 Å². The maximum Gasteiger partial charge on any atom is 0.410 e. The molecular formula is C19H28FNO2. The van der Waals surface area contributed by atoms with E-state index in [-0.39, 0.29) is 23.5 Å². The highest BCUT2D eigenvalue weighted by Crippen LogP contribution is 2.34. The third-order valence-electron chi connectivity index (χ3n) is 4.35. The summed E-state index contributed by atoms with van der Waals surface area (Å²) in [6.07, 6.45) is 3.06. The van der Waals surface area contributed by atoms with Crippen LogP contribution in [0.25, 0.3) is 0 Å². The molecule has 0 saturated carbocycles. The Morgan fingerprint density at radius 3 is 2.61 bits per heavy atom. The molecule has 0 spiro atoms. The molecule has 2 rings (SSSR count). The third kappa shape index (κ3) is 4.46. The van der Waals surface area contributed by atoms with E-state index in [2.05, 4.69) is 13.8 Å². The second-order valence-corrected chi connectivity index (χ2v) is 8.00. The van der Waals surface area contributed by atoms with Gasteiger partial charge >= 0.3 is 6.09 Å². The monoisotopic (exact) mass is 321 g/mol. The lowest BCUT2D eigenvalue weighted by molar-refractivity contribution is -0.0261. The van der Waals surface area contributed by atoms with Gasteiger partial charge in [-0.2, -0.15) is 0 Å². The molecular weight excluding hydrogens is 293 g/mol. The highest BCUT2D eigenvalue weighted by Gasteiger charge is 2.41. The van der Waals surface area contributed by atoms with E-state index in [9.17, 15) is 9.18 Å². The number of rotatable bonds is 2. The third-order valence-corrected chi connectivity index (χ3v) is 4.35. The van der Waals surface area contributed by atoms with Gasteiger partial charge in [0.1, 0.15) is 11.4 Å². The summed E-state index contributed by atoms with van der Waals surface area (Å²) in [7, 11) is 0. The van der Waals surface area contributed by atoms with Crippen molar-refractivity contribution in [2.24, 2.45) is 0 Å². The summed E-state index contributed by atoms with van der Waals surface area (Å²) in [4.78, 5) is 14.6. The summed E-state index contributed by atoms with van der Waals surface area (Å²) < 4.78 is 19.6. The van der Waals surface area contributed by atoms with Gasteiger partial charge in [-0.05, 0) is 71.9 Å². The Morgan fingerprint density at radius 1 is 1.35 bits per heavy atom. The van der Waals surface area contributed by atoms with Gasteiger partial charge in [0.25, 0.3) is 0 Å². The average Bonchev–Trinajstić information content (AvgIpc) is 2.38. The number of nitrogens with zero attached hydrogens (tertiary/aromatic N) is 1. The molecule has 4 heteroatoms. The Balaban J connectivity index is 2.25. The fourth-order valence-corrected chi connectivity index (χ4v) is 3.33. The number of piperidine rings is 1. The smallest absolute Gasteiger partial charge is 0.410 e. The molecule has 0 radical (unpaired) electrons. The molecule has 1 amide bonds. The van der Waals surface area contributed by atoms with E-state index in [1.165, 1.54) is 6.07 Å². The maximum atomic E-state index is 14.0. The zero-order chi connectivity index (χ0) is 17.3. The second kappa shape index (κ2) is 6.50. The molecule has 0 aliphatic carbocycles. The lowest BCUT2D eigenvalue weighted by Crippen LogP contribution is -2.57. The molecule has 1 aliphatic heterocycles. The van der Waals surface area contributed by atoms with Crippen molar-refractivity contribution < 1.29 is 13.9 Å². The zero-order valence-corrected chi connectivity index (χ0v) is 14.9. The highest BCUT2D eigenvalue weighted by atomic mass is 19.1. The van der Waals surface area contributed by atoms with Gasteiger partial charge < -0.3 is 4.74 Å². The van der Waals surface area contributed by atoms with Crippen molar-refractivity contribution in [2.45, 2.75) is 77.5 Å². The van der Waals surface area contributed by atoms with E-state index >= 15 is 0 Å². The van der Waals surface area contributed by atoms with E-state index in [1.54, 1.807) is 12.1 Å². The number of carbonyl (C=O) groups excluding carboxylic acids is 1. The van der Waals surface area contributed by atoms with Crippen LogP contribution in [0.4, 0.5) is 9.18 Å². The Morgan fingerprint density at radius 2 is 2.00 bits per heavy atom. The summed E-state index contributed by atoms with van der Waals surface area (Å²) in [6.45, 7) is 9.73. The normalized spacial score (nSPS) is 21.1. The Labute approximate surface area is 138 Å². The minimum absolute atomic E-state index is 0.0366. The predicted molar refractivity (Wildman–Crippen MR) is 89.9 cm³/mol. The van der Waals surface area contributed by atoms with Crippen LogP contribution in [0.1, 0.15) is 59.4 Å². The molecule has 1 atom stereocenters. The molecule has 1 aromatic rings. The van der Waals surface area contributed by atoms with Gasteiger partial charge in [-0.15, -0.1) is 0 Å². The van der Waals surface area contributed by atoms with Gasteiger partial charge in [0.15, 0.2) is 0 Å². The Kier molecular flexibility index (Phi) is 5.02. The van der Waals surface area contributed by atoms with Gasteiger partial charge in [0, 0.05) is 11.6 Å². The lowest BCUT2D eigenvalue weighted by Gasteiger charge is -2.48. The fourth-order valence-electron chi connectivity index (χ4n) is 3.33. The minimum Gasteiger partial charge on any atom is -0.444 e. The van der Waals surface area contributed by atoms with Crippen LogP contribution >= 0.6 is 0 Å². The van der Waals surface area contributed by atoms with Crippen LogP contribution in [0.2, 0.25) is 0 Å². The van der Waals surface area contributed by atoms with Crippen molar-refractivity contribution in [3.8, 4) is 0 Å². The molecule has 128 valence electrons. The van der Waals surface area contributed by atoms with Crippen LogP contribution in [0.5, 0.6) is 0 Å².